The summed E-state index contributed by atoms with van der Waals surface area (Å²) in [5.41, 5.74) is 3.66. The molecule has 0 aliphatic carbocycles. The molecule has 30 heavy (non-hydrogen) atoms. The van der Waals surface area contributed by atoms with Gasteiger partial charge in [0, 0.05) is 18.3 Å². The van der Waals surface area contributed by atoms with Crippen molar-refractivity contribution in [2.24, 2.45) is 0 Å². The number of halogens is 2. The molecule has 154 valence electrons. The Kier molecular flexibility index (Phi) is 5.61. The Balaban J connectivity index is 1.48. The maximum Gasteiger partial charge on any atom is 0.226 e. The van der Waals surface area contributed by atoms with Crippen LogP contribution in [0.1, 0.15) is 17.7 Å². The lowest BCUT2D eigenvalue weighted by Gasteiger charge is -2.10. The van der Waals surface area contributed by atoms with Crippen LogP contribution in [-0.2, 0) is 0 Å². The molecule has 1 N–H and O–H groups in total. The first-order chi connectivity index (χ1) is 14.5. The number of anilines is 1. The summed E-state index contributed by atoms with van der Waals surface area (Å²) in [6.45, 7) is 4.71. The van der Waals surface area contributed by atoms with Gasteiger partial charge in [-0.25, -0.2) is 18.7 Å². The number of rotatable bonds is 7. The molecule has 0 spiro atoms. The highest BCUT2D eigenvalue weighted by Gasteiger charge is 2.16. The summed E-state index contributed by atoms with van der Waals surface area (Å²) in [5.74, 6) is 0.638. The van der Waals surface area contributed by atoms with Crippen molar-refractivity contribution < 1.29 is 13.5 Å². The quantitative estimate of drug-likeness (QED) is 0.429. The molecule has 3 heterocycles. The van der Waals surface area contributed by atoms with Crippen LogP contribution in [0.3, 0.4) is 0 Å². The first-order valence-electron chi connectivity index (χ1n) is 9.76. The molecule has 3 aromatic heterocycles. The van der Waals surface area contributed by atoms with Crippen LogP contribution in [0.4, 0.5) is 14.6 Å². The van der Waals surface area contributed by atoms with Gasteiger partial charge >= 0.3 is 0 Å². The second-order valence-electron chi connectivity index (χ2n) is 7.10. The molecular formula is C23H22F2N4O. The van der Waals surface area contributed by atoms with Gasteiger partial charge in [0.15, 0.2) is 0 Å². The molecule has 0 aliphatic rings. The highest BCUT2D eigenvalue weighted by Crippen LogP contribution is 2.31. The van der Waals surface area contributed by atoms with E-state index in [0.717, 1.165) is 16.8 Å². The summed E-state index contributed by atoms with van der Waals surface area (Å²) in [7, 11) is 0. The molecule has 4 rings (SSSR count). The zero-order valence-electron chi connectivity index (χ0n) is 16.8. The molecule has 0 fully saturated rings. The summed E-state index contributed by atoms with van der Waals surface area (Å²) < 4.78 is 34.7. The smallest absolute Gasteiger partial charge is 0.226 e. The van der Waals surface area contributed by atoms with Crippen molar-refractivity contribution in [2.75, 3.05) is 18.5 Å². The highest BCUT2D eigenvalue weighted by molar-refractivity contribution is 5.69. The van der Waals surface area contributed by atoms with Gasteiger partial charge in [0.25, 0.3) is 0 Å². The number of hydrogen-bond acceptors (Lipinski definition) is 4. The molecular weight excluding hydrogens is 386 g/mol. The van der Waals surface area contributed by atoms with Gasteiger partial charge in [0.1, 0.15) is 28.8 Å². The van der Waals surface area contributed by atoms with E-state index in [9.17, 15) is 8.78 Å². The number of aromatic nitrogens is 3. The Bertz CT molecular complexity index is 1170. The minimum absolute atomic E-state index is 0.295. The minimum Gasteiger partial charge on any atom is -0.477 e. The van der Waals surface area contributed by atoms with Crippen molar-refractivity contribution in [3.05, 3.63) is 77.6 Å². The van der Waals surface area contributed by atoms with E-state index in [0.29, 0.717) is 42.7 Å². The van der Waals surface area contributed by atoms with Gasteiger partial charge in [0.2, 0.25) is 5.88 Å². The third-order valence-corrected chi connectivity index (χ3v) is 4.73. The number of hydrogen-bond donors (Lipinski definition) is 1. The zero-order chi connectivity index (χ0) is 21.1. The van der Waals surface area contributed by atoms with Crippen LogP contribution in [0.25, 0.3) is 16.9 Å². The number of imidazole rings is 1. The fraction of sp³-hybridized carbons (Fsp3) is 0.217. The van der Waals surface area contributed by atoms with E-state index in [1.807, 2.05) is 29.7 Å². The van der Waals surface area contributed by atoms with E-state index in [-0.39, 0.29) is 11.6 Å². The lowest BCUT2D eigenvalue weighted by Crippen LogP contribution is -2.10. The topological polar surface area (TPSA) is 51.5 Å². The van der Waals surface area contributed by atoms with Crippen molar-refractivity contribution in [1.82, 2.24) is 14.4 Å². The van der Waals surface area contributed by atoms with Gasteiger partial charge in [-0.15, -0.1) is 0 Å². The second kappa shape index (κ2) is 8.49. The first-order valence-corrected chi connectivity index (χ1v) is 9.76. The molecule has 4 aromatic rings. The van der Waals surface area contributed by atoms with E-state index >= 15 is 0 Å². The third-order valence-electron chi connectivity index (χ3n) is 4.73. The minimum atomic E-state index is -0.319. The maximum atomic E-state index is 13.3. The Morgan fingerprint density at radius 3 is 2.53 bits per heavy atom. The van der Waals surface area contributed by atoms with E-state index in [1.165, 1.54) is 18.2 Å². The Labute approximate surface area is 173 Å². The Morgan fingerprint density at radius 1 is 0.967 bits per heavy atom. The number of pyridine rings is 2. The van der Waals surface area contributed by atoms with Crippen molar-refractivity contribution in [1.29, 1.82) is 0 Å². The largest absolute Gasteiger partial charge is 0.477 e. The van der Waals surface area contributed by atoms with Crippen LogP contribution in [0, 0.1) is 25.5 Å². The highest BCUT2D eigenvalue weighted by atomic mass is 19.1. The van der Waals surface area contributed by atoms with Crippen LogP contribution < -0.4 is 10.1 Å². The van der Waals surface area contributed by atoms with Crippen molar-refractivity contribution in [3.8, 4) is 17.1 Å². The lowest BCUT2D eigenvalue weighted by molar-refractivity contribution is 0.301. The summed E-state index contributed by atoms with van der Waals surface area (Å²) in [5, 5.41) is 3.17. The molecule has 0 unspecified atom stereocenters. The van der Waals surface area contributed by atoms with Gasteiger partial charge in [-0.1, -0.05) is 6.07 Å². The lowest BCUT2D eigenvalue weighted by atomic mass is 10.1. The van der Waals surface area contributed by atoms with Crippen molar-refractivity contribution in [3.63, 3.8) is 0 Å². The summed E-state index contributed by atoms with van der Waals surface area (Å²) >= 11 is 0. The Morgan fingerprint density at radius 2 is 1.77 bits per heavy atom. The monoisotopic (exact) mass is 408 g/mol. The molecule has 0 saturated carbocycles. The van der Waals surface area contributed by atoms with Gasteiger partial charge in [-0.05, 0) is 68.3 Å². The number of benzene rings is 1. The van der Waals surface area contributed by atoms with Crippen LogP contribution in [0.15, 0.2) is 54.7 Å². The number of nitrogens with zero attached hydrogens (tertiary/aromatic N) is 3. The SMILES string of the molecule is Cc1ccc2nc(-c3ccc(F)cc3)c(OCCCNc3ccc(F)c(C)n3)n2c1. The molecule has 1 aromatic carbocycles. The molecule has 0 bridgehead atoms. The average Bonchev–Trinajstić information content (AvgIpc) is 3.08. The molecule has 0 saturated heterocycles. The molecule has 0 aliphatic heterocycles. The summed E-state index contributed by atoms with van der Waals surface area (Å²) in [6, 6.07) is 13.1. The van der Waals surface area contributed by atoms with E-state index < -0.39 is 0 Å². The number of fused-ring (bicyclic) bond motifs is 1. The molecule has 7 heteroatoms. The molecule has 0 atom stereocenters. The van der Waals surface area contributed by atoms with E-state index in [1.54, 1.807) is 25.1 Å². The van der Waals surface area contributed by atoms with Gasteiger partial charge in [-0.3, -0.25) is 4.40 Å². The summed E-state index contributed by atoms with van der Waals surface area (Å²) in [4.78, 5) is 8.83. The van der Waals surface area contributed by atoms with Crippen LogP contribution in [-0.4, -0.2) is 27.5 Å². The number of ether oxygens (including phenoxy) is 1. The van der Waals surface area contributed by atoms with Gasteiger partial charge in [-0.2, -0.15) is 0 Å². The molecule has 0 amide bonds. The second-order valence-corrected chi connectivity index (χ2v) is 7.10. The van der Waals surface area contributed by atoms with Gasteiger partial charge < -0.3 is 10.1 Å². The average molecular weight is 408 g/mol. The standard InChI is InChI=1S/C23H22F2N4O/c1-15-4-11-21-28-22(17-5-7-18(24)8-6-17)23(29(21)14-15)30-13-3-12-26-20-10-9-19(25)16(2)27-20/h4-11,14H,3,12-13H2,1-2H3,(H,26,27). The summed E-state index contributed by atoms with van der Waals surface area (Å²) in [6.07, 6.45) is 2.67. The number of aryl methyl sites for hydroxylation is 2. The first kappa shape index (κ1) is 19.8. The predicted molar refractivity (Wildman–Crippen MR) is 113 cm³/mol. The Hall–Kier alpha value is -3.48. The van der Waals surface area contributed by atoms with Crippen molar-refractivity contribution >= 4 is 11.5 Å². The van der Waals surface area contributed by atoms with Crippen LogP contribution in [0.2, 0.25) is 0 Å². The molecule has 0 radical (unpaired) electrons. The van der Waals surface area contributed by atoms with E-state index in [2.05, 4.69) is 15.3 Å². The fourth-order valence-corrected chi connectivity index (χ4v) is 3.16. The number of nitrogens with one attached hydrogen (secondary N) is 1. The fourth-order valence-electron chi connectivity index (χ4n) is 3.16. The third kappa shape index (κ3) is 4.25. The van der Waals surface area contributed by atoms with E-state index in [4.69, 9.17) is 4.74 Å². The van der Waals surface area contributed by atoms with Gasteiger partial charge in [0.05, 0.1) is 12.3 Å². The van der Waals surface area contributed by atoms with Crippen molar-refractivity contribution in [2.45, 2.75) is 20.3 Å². The van der Waals surface area contributed by atoms with Crippen LogP contribution >= 0.6 is 0 Å². The maximum absolute atomic E-state index is 13.3. The normalized spacial score (nSPS) is 11.1. The van der Waals surface area contributed by atoms with Crippen LogP contribution in [0.5, 0.6) is 5.88 Å². The zero-order valence-corrected chi connectivity index (χ0v) is 16.8. The molecule has 5 nitrogen and oxygen atoms in total. The predicted octanol–water partition coefficient (Wildman–Crippen LogP) is 5.17.